The maximum absolute atomic E-state index is 14.7. The van der Waals surface area contributed by atoms with Crippen molar-refractivity contribution in [2.24, 2.45) is 5.92 Å². The number of phenolic OH excluding ortho intramolecular Hbond substituents is 1. The molecule has 1 aliphatic heterocycles. The van der Waals surface area contributed by atoms with Gasteiger partial charge in [-0.2, -0.15) is 23.5 Å². The Kier molecular flexibility index (Phi) is 22.5. The number of carboxylic acid groups (broad SMARTS) is 1. The van der Waals surface area contributed by atoms with Crippen LogP contribution in [-0.2, 0) is 41.6 Å². The van der Waals surface area contributed by atoms with Gasteiger partial charge in [-0.1, -0.05) is 62.7 Å². The standard InChI is InChI=1S/C44H65N7O9S2/c1-6-28(2)37(43(58)59)50-44(60)49-32-14-10-11-25-45-38(53)33(23-26-61-4)47-41(56)36(22-18-30-15-19-31(52)20-16-30)51(3)42(57)35(21-17-29-12-8-7-9-13-29)48-40(55)34(24-27-62-5)46-39(32)54/h7-9,12-13,15-16,19-20,28,32-37,52H,6,10-11,14,17-18,21-27H2,1-5H3,(H,45,53)(H,46,54)(H,47,56)(H,48,55)(H,58,59)(H2,49,50,60)/t28-,32+,33+,34+,35+,36+,37-/m0/s1. The number of phenols is 1. The average Bonchev–Trinajstić information content (AvgIpc) is 3.26. The van der Waals surface area contributed by atoms with Gasteiger partial charge >= 0.3 is 12.0 Å². The molecule has 3 rings (SSSR count). The van der Waals surface area contributed by atoms with E-state index in [1.54, 1.807) is 26.0 Å². The summed E-state index contributed by atoms with van der Waals surface area (Å²) in [7, 11) is 1.50. The molecule has 18 heteroatoms. The molecule has 62 heavy (non-hydrogen) atoms. The summed E-state index contributed by atoms with van der Waals surface area (Å²) in [5.74, 6) is -3.34. The Morgan fingerprint density at radius 3 is 1.97 bits per heavy atom. The third kappa shape index (κ3) is 17.1. The molecule has 7 atom stereocenters. The van der Waals surface area contributed by atoms with Crippen LogP contribution in [0.5, 0.6) is 5.75 Å². The van der Waals surface area contributed by atoms with Gasteiger partial charge in [-0.25, -0.2) is 9.59 Å². The van der Waals surface area contributed by atoms with Crippen LogP contribution in [0.3, 0.4) is 0 Å². The van der Waals surface area contributed by atoms with Crippen molar-refractivity contribution in [3.63, 3.8) is 0 Å². The van der Waals surface area contributed by atoms with Gasteiger partial charge in [-0.05, 0) is 111 Å². The largest absolute Gasteiger partial charge is 0.508 e. The number of aryl methyl sites for hydroxylation is 2. The number of urea groups is 1. The van der Waals surface area contributed by atoms with Crippen LogP contribution in [0, 0.1) is 5.92 Å². The van der Waals surface area contributed by atoms with Crippen molar-refractivity contribution in [3.05, 3.63) is 65.7 Å². The molecule has 2 aromatic carbocycles. The number of rotatable bonds is 17. The number of carbonyl (C=O) groups is 7. The van der Waals surface area contributed by atoms with Crippen LogP contribution in [-0.4, -0.2) is 131 Å². The number of aromatic hydroxyl groups is 1. The number of hydrogen-bond acceptors (Lipinski definition) is 10. The van der Waals surface area contributed by atoms with Gasteiger partial charge in [-0.3, -0.25) is 24.0 Å². The van der Waals surface area contributed by atoms with Crippen molar-refractivity contribution >= 4 is 65.1 Å². The molecule has 0 saturated carbocycles. The van der Waals surface area contributed by atoms with E-state index in [0.29, 0.717) is 50.0 Å². The first-order valence-electron chi connectivity index (χ1n) is 21.2. The number of nitrogens with one attached hydrogen (secondary N) is 6. The smallest absolute Gasteiger partial charge is 0.326 e. The highest BCUT2D eigenvalue weighted by atomic mass is 32.2. The minimum Gasteiger partial charge on any atom is -0.508 e. The van der Waals surface area contributed by atoms with Gasteiger partial charge in [0.1, 0.15) is 42.0 Å². The number of thioether (sulfide) groups is 2. The number of likely N-dealkylation sites (N-methyl/N-ethyl adjacent to an activating group) is 1. The molecule has 0 unspecified atom stereocenters. The van der Waals surface area contributed by atoms with Gasteiger partial charge in [0.25, 0.3) is 0 Å². The molecule has 1 fully saturated rings. The van der Waals surface area contributed by atoms with E-state index in [1.807, 2.05) is 42.8 Å². The molecular weight excluding hydrogens is 835 g/mol. The lowest BCUT2D eigenvalue weighted by molar-refractivity contribution is -0.143. The number of nitrogens with zero attached hydrogens (tertiary/aromatic N) is 1. The lowest BCUT2D eigenvalue weighted by Gasteiger charge is -2.33. The van der Waals surface area contributed by atoms with E-state index in [0.717, 1.165) is 11.1 Å². The van der Waals surface area contributed by atoms with E-state index in [9.17, 15) is 43.8 Å². The van der Waals surface area contributed by atoms with Crippen molar-refractivity contribution < 1.29 is 43.8 Å². The number of aliphatic carboxylic acids is 1. The van der Waals surface area contributed by atoms with E-state index < -0.39 is 83.7 Å². The molecule has 1 aliphatic rings. The first-order valence-corrected chi connectivity index (χ1v) is 24.0. The van der Waals surface area contributed by atoms with E-state index in [-0.39, 0.29) is 38.0 Å². The summed E-state index contributed by atoms with van der Waals surface area (Å²) in [6.07, 6.45) is 6.58. The van der Waals surface area contributed by atoms with Crippen LogP contribution in [0.2, 0.25) is 0 Å². The molecule has 1 heterocycles. The fourth-order valence-corrected chi connectivity index (χ4v) is 7.94. The number of hydrogen-bond donors (Lipinski definition) is 8. The zero-order chi connectivity index (χ0) is 45.6. The summed E-state index contributed by atoms with van der Waals surface area (Å²) in [5, 5.41) is 36.2. The third-order valence-corrected chi connectivity index (χ3v) is 12.3. The van der Waals surface area contributed by atoms with Gasteiger partial charge in [0.15, 0.2) is 0 Å². The van der Waals surface area contributed by atoms with E-state index >= 15 is 0 Å². The van der Waals surface area contributed by atoms with Crippen LogP contribution in [0.4, 0.5) is 4.79 Å². The predicted octanol–water partition coefficient (Wildman–Crippen LogP) is 3.21. The van der Waals surface area contributed by atoms with Gasteiger partial charge in [-0.15, -0.1) is 0 Å². The minimum atomic E-state index is -1.22. The Bertz CT molecular complexity index is 1770. The number of carboxylic acids is 1. The molecule has 7 amide bonds. The summed E-state index contributed by atoms with van der Waals surface area (Å²) >= 11 is 2.96. The van der Waals surface area contributed by atoms with Crippen LogP contribution >= 0.6 is 23.5 Å². The van der Waals surface area contributed by atoms with Crippen molar-refractivity contribution in [2.45, 2.75) is 114 Å². The van der Waals surface area contributed by atoms with Crippen LogP contribution < -0.4 is 31.9 Å². The second-order valence-electron chi connectivity index (χ2n) is 15.6. The Balaban J connectivity index is 2.05. The predicted molar refractivity (Wildman–Crippen MR) is 243 cm³/mol. The van der Waals surface area contributed by atoms with Crippen LogP contribution in [0.1, 0.15) is 76.3 Å². The van der Waals surface area contributed by atoms with Gasteiger partial charge in [0.2, 0.25) is 29.5 Å². The molecule has 0 aliphatic carbocycles. The second-order valence-corrected chi connectivity index (χ2v) is 17.6. The topological polar surface area (TPSA) is 235 Å². The SMILES string of the molecule is CC[C@H](C)[C@H](NC(=O)N[C@@H]1CCCCNC(=O)[C@@H](CCSC)NC(=O)[C@@H](CCc2ccc(O)cc2)N(C)C(=O)[C@@H](CCc2ccccc2)NC(=O)[C@@H](CCSC)NC1=O)C(=O)O. The highest BCUT2D eigenvalue weighted by Gasteiger charge is 2.36. The first kappa shape index (κ1) is 51.4. The Morgan fingerprint density at radius 1 is 0.774 bits per heavy atom. The Morgan fingerprint density at radius 2 is 1.35 bits per heavy atom. The fraction of sp³-hybridized carbons (Fsp3) is 0.568. The molecule has 0 radical (unpaired) electrons. The van der Waals surface area contributed by atoms with Gasteiger partial charge in [0, 0.05) is 13.6 Å². The molecular formula is C44H65N7O9S2. The minimum absolute atomic E-state index is 0.0839. The van der Waals surface area contributed by atoms with Crippen molar-refractivity contribution in [2.75, 3.05) is 37.6 Å². The highest BCUT2D eigenvalue weighted by Crippen LogP contribution is 2.18. The van der Waals surface area contributed by atoms with Crippen LogP contribution in [0.15, 0.2) is 54.6 Å². The van der Waals surface area contributed by atoms with Gasteiger partial charge in [0.05, 0.1) is 0 Å². The maximum Gasteiger partial charge on any atom is 0.326 e. The fourth-order valence-electron chi connectivity index (χ4n) is 7.00. The van der Waals surface area contributed by atoms with Crippen molar-refractivity contribution in [1.29, 1.82) is 0 Å². The average molecular weight is 900 g/mol. The maximum atomic E-state index is 14.7. The Hall–Kier alpha value is -4.97. The summed E-state index contributed by atoms with van der Waals surface area (Å²) in [6.45, 7) is 3.68. The number of amides is 7. The number of benzene rings is 2. The van der Waals surface area contributed by atoms with Gasteiger partial charge < -0.3 is 47.0 Å². The number of carbonyl (C=O) groups excluding carboxylic acids is 6. The molecule has 8 N–H and O–H groups in total. The Labute approximate surface area is 373 Å². The molecule has 0 bridgehead atoms. The lowest BCUT2D eigenvalue weighted by Crippen LogP contribution is -2.60. The normalized spacial score (nSPS) is 22.0. The lowest BCUT2D eigenvalue weighted by atomic mass is 9.99. The zero-order valence-corrected chi connectivity index (χ0v) is 38.1. The van der Waals surface area contributed by atoms with E-state index in [2.05, 4.69) is 31.9 Å². The summed E-state index contributed by atoms with van der Waals surface area (Å²) < 4.78 is 0. The summed E-state index contributed by atoms with van der Waals surface area (Å²) in [4.78, 5) is 97.5. The molecule has 16 nitrogen and oxygen atoms in total. The van der Waals surface area contributed by atoms with Crippen molar-refractivity contribution in [3.8, 4) is 5.75 Å². The third-order valence-electron chi connectivity index (χ3n) is 11.0. The highest BCUT2D eigenvalue weighted by molar-refractivity contribution is 7.98. The van der Waals surface area contributed by atoms with E-state index in [4.69, 9.17) is 0 Å². The van der Waals surface area contributed by atoms with Crippen molar-refractivity contribution in [1.82, 2.24) is 36.8 Å². The molecule has 2 aromatic rings. The van der Waals surface area contributed by atoms with E-state index in [1.165, 1.54) is 47.6 Å². The molecule has 1 saturated heterocycles. The zero-order valence-electron chi connectivity index (χ0n) is 36.4. The monoisotopic (exact) mass is 899 g/mol. The summed E-state index contributed by atoms with van der Waals surface area (Å²) in [5.41, 5.74) is 1.72. The molecule has 0 aromatic heterocycles. The van der Waals surface area contributed by atoms with Crippen LogP contribution in [0.25, 0.3) is 0 Å². The second kappa shape index (κ2) is 27.2. The molecule has 342 valence electrons. The summed E-state index contributed by atoms with van der Waals surface area (Å²) in [6, 6.07) is 8.41. The molecule has 0 spiro atoms. The first-order chi connectivity index (χ1) is 29.7. The quantitative estimate of drug-likeness (QED) is 0.115.